The summed E-state index contributed by atoms with van der Waals surface area (Å²) in [5, 5.41) is 8.43. The number of rotatable bonds is 14. The van der Waals surface area contributed by atoms with E-state index >= 15 is 0 Å². The number of fused-ring (bicyclic) bond motifs is 1. The first kappa shape index (κ1) is 34.7. The van der Waals surface area contributed by atoms with Gasteiger partial charge in [0.1, 0.15) is 18.4 Å². The molecule has 248 valence electrons. The van der Waals surface area contributed by atoms with Crippen molar-refractivity contribution in [3.63, 3.8) is 0 Å². The van der Waals surface area contributed by atoms with Crippen LogP contribution in [0.1, 0.15) is 63.9 Å². The number of likely N-dealkylation sites (N-methyl/N-ethyl adjacent to an activating group) is 2. The number of ether oxygens (including phenoxy) is 1. The molecular weight excluding hydrogens is 629 g/mol. The molecule has 2 atom stereocenters. The normalized spacial score (nSPS) is 14.6. The molecule has 2 unspecified atom stereocenters. The Morgan fingerprint density at radius 3 is 2.43 bits per heavy atom. The summed E-state index contributed by atoms with van der Waals surface area (Å²) in [4.78, 5) is 23.5. The van der Waals surface area contributed by atoms with Crippen molar-refractivity contribution < 1.29 is 9.53 Å². The lowest BCUT2D eigenvalue weighted by molar-refractivity contribution is -0.108. The van der Waals surface area contributed by atoms with E-state index in [2.05, 4.69) is 56.8 Å². The molecule has 5 rings (SSSR count). The highest BCUT2D eigenvalue weighted by Gasteiger charge is 2.30. The molecule has 0 saturated carbocycles. The van der Waals surface area contributed by atoms with Crippen molar-refractivity contribution in [1.82, 2.24) is 15.3 Å². The molecule has 2 N–H and O–H groups in total. The lowest BCUT2D eigenvalue weighted by Crippen LogP contribution is -2.20. The molecule has 0 amide bonds. The fraction of sp³-hybridized carbons (Fsp3) is 0.395. The van der Waals surface area contributed by atoms with Crippen LogP contribution in [0.3, 0.4) is 0 Å². The van der Waals surface area contributed by atoms with E-state index in [-0.39, 0.29) is 11.8 Å². The van der Waals surface area contributed by atoms with Gasteiger partial charge in [0.2, 0.25) is 0 Å². The molecule has 0 radical (unpaired) electrons. The maximum atomic E-state index is 12.2. The maximum Gasteiger partial charge on any atom is 0.129 e. The second kappa shape index (κ2) is 15.5. The number of anilines is 2. The van der Waals surface area contributed by atoms with E-state index in [9.17, 15) is 4.79 Å². The first-order valence-corrected chi connectivity index (χ1v) is 17.1. The second-order valence-corrected chi connectivity index (χ2v) is 13.4. The van der Waals surface area contributed by atoms with Crippen molar-refractivity contribution in [2.75, 3.05) is 50.6 Å². The van der Waals surface area contributed by atoms with Crippen molar-refractivity contribution >= 4 is 40.9 Å². The number of aromatic nitrogens is 2. The predicted octanol–water partition coefficient (Wildman–Crippen LogP) is 8.23. The minimum Gasteiger partial charge on any atom is -0.494 e. The number of aldehydes is 1. The minimum absolute atomic E-state index is 0.107. The second-order valence-electron chi connectivity index (χ2n) is 12.6. The monoisotopic (exact) mass is 673 g/mol. The molecular formula is C38H45Cl2N5O2. The van der Waals surface area contributed by atoms with Gasteiger partial charge in [0.05, 0.1) is 17.5 Å². The largest absolute Gasteiger partial charge is 0.494 e. The summed E-state index contributed by atoms with van der Waals surface area (Å²) in [5.74, 6) is 0.791. The van der Waals surface area contributed by atoms with Crippen LogP contribution >= 0.6 is 23.2 Å². The van der Waals surface area contributed by atoms with E-state index in [0.717, 1.165) is 93.4 Å². The van der Waals surface area contributed by atoms with Gasteiger partial charge >= 0.3 is 0 Å². The van der Waals surface area contributed by atoms with Crippen molar-refractivity contribution in [2.24, 2.45) is 0 Å². The lowest BCUT2D eigenvalue weighted by atomic mass is 9.82. The van der Waals surface area contributed by atoms with Crippen LogP contribution in [0, 0.1) is 27.7 Å². The van der Waals surface area contributed by atoms with Crippen LogP contribution in [-0.2, 0) is 11.2 Å². The Bertz CT molecular complexity index is 1700. The van der Waals surface area contributed by atoms with Gasteiger partial charge in [-0.3, -0.25) is 0 Å². The van der Waals surface area contributed by atoms with E-state index < -0.39 is 0 Å². The zero-order valence-corrected chi connectivity index (χ0v) is 29.7. The third kappa shape index (κ3) is 7.58. The first-order chi connectivity index (χ1) is 22.6. The number of nitrogens with zero attached hydrogens (tertiary/aromatic N) is 3. The Balaban J connectivity index is 1.56. The Hall–Kier alpha value is -3.65. The van der Waals surface area contributed by atoms with E-state index in [1.807, 2.05) is 52.9 Å². The fourth-order valence-corrected chi connectivity index (χ4v) is 7.27. The summed E-state index contributed by atoms with van der Waals surface area (Å²) in [6, 6.07) is 14.6. The predicted molar refractivity (Wildman–Crippen MR) is 195 cm³/mol. The van der Waals surface area contributed by atoms with Crippen molar-refractivity contribution in [3.05, 3.63) is 98.0 Å². The first-order valence-electron chi connectivity index (χ1n) is 16.3. The highest BCUT2D eigenvalue weighted by atomic mass is 35.5. The maximum absolute atomic E-state index is 12.2. The molecule has 0 saturated heterocycles. The smallest absolute Gasteiger partial charge is 0.129 e. The Kier molecular flexibility index (Phi) is 11.4. The van der Waals surface area contributed by atoms with Gasteiger partial charge in [0.15, 0.2) is 0 Å². The highest BCUT2D eigenvalue weighted by Crippen LogP contribution is 2.45. The van der Waals surface area contributed by atoms with Crippen LogP contribution in [0.25, 0.3) is 11.1 Å². The molecule has 47 heavy (non-hydrogen) atoms. The number of carbonyl (C=O) groups is 1. The van der Waals surface area contributed by atoms with E-state index in [1.165, 1.54) is 11.1 Å². The Labute approximate surface area is 289 Å². The van der Waals surface area contributed by atoms with Crippen LogP contribution in [-0.4, -0.2) is 56.6 Å². The van der Waals surface area contributed by atoms with Gasteiger partial charge in [-0.15, -0.1) is 0 Å². The number of carbonyl (C=O) groups excluding carboxylic acids is 1. The Morgan fingerprint density at radius 1 is 1.02 bits per heavy atom. The fourth-order valence-electron chi connectivity index (χ4n) is 6.91. The quantitative estimate of drug-likeness (QED) is 0.103. The number of benzene rings is 3. The third-order valence-corrected chi connectivity index (χ3v) is 10.1. The van der Waals surface area contributed by atoms with Crippen molar-refractivity contribution in [3.8, 4) is 16.9 Å². The summed E-state index contributed by atoms with van der Waals surface area (Å²) in [6.07, 6.45) is 5.16. The minimum atomic E-state index is -0.146. The van der Waals surface area contributed by atoms with Gasteiger partial charge in [-0.05, 0) is 112 Å². The van der Waals surface area contributed by atoms with Crippen LogP contribution in [0.4, 0.5) is 11.4 Å². The topological polar surface area (TPSA) is 79.4 Å². The van der Waals surface area contributed by atoms with Gasteiger partial charge in [-0.1, -0.05) is 41.4 Å². The van der Waals surface area contributed by atoms with Gasteiger partial charge < -0.3 is 25.1 Å². The molecule has 0 spiro atoms. The van der Waals surface area contributed by atoms with Crippen LogP contribution in [0.15, 0.2) is 48.8 Å². The van der Waals surface area contributed by atoms with Crippen LogP contribution < -0.4 is 20.3 Å². The number of hydrogen-bond acceptors (Lipinski definition) is 7. The number of halogens is 2. The molecule has 0 fully saturated rings. The van der Waals surface area contributed by atoms with E-state index in [1.54, 1.807) is 6.33 Å². The van der Waals surface area contributed by atoms with E-state index in [4.69, 9.17) is 27.9 Å². The molecule has 7 nitrogen and oxygen atoms in total. The number of nitrogens with one attached hydrogen (secondary N) is 2. The lowest BCUT2D eigenvalue weighted by Gasteiger charge is -2.26. The summed E-state index contributed by atoms with van der Waals surface area (Å²) >= 11 is 13.4. The molecule has 2 heterocycles. The third-order valence-electron chi connectivity index (χ3n) is 9.21. The zero-order chi connectivity index (χ0) is 33.7. The van der Waals surface area contributed by atoms with Gasteiger partial charge in [0, 0.05) is 65.6 Å². The Morgan fingerprint density at radius 2 is 1.74 bits per heavy atom. The number of aryl methyl sites for hydroxylation is 4. The molecule has 1 aliphatic rings. The van der Waals surface area contributed by atoms with Gasteiger partial charge in [0.25, 0.3) is 0 Å². The molecule has 0 aliphatic carbocycles. The molecule has 4 aromatic rings. The van der Waals surface area contributed by atoms with Crippen molar-refractivity contribution in [1.29, 1.82) is 0 Å². The number of hydrogen-bond donors (Lipinski definition) is 2. The average Bonchev–Trinajstić information content (AvgIpc) is 3.38. The molecule has 9 heteroatoms. The van der Waals surface area contributed by atoms with Crippen molar-refractivity contribution in [2.45, 2.75) is 58.8 Å². The molecule has 1 aliphatic heterocycles. The molecule has 0 bridgehead atoms. The SMILES string of the molecule is CNCCNc1c(C(CCCOc2cc(C)c(Cl)c(C)c2)Cc2cccc3c2C(C=O)CN3C)ccc(Cl)c1-c1c(C)ncnc1C. The molecule has 1 aromatic heterocycles. The molecule has 3 aromatic carbocycles. The average molecular weight is 675 g/mol. The highest BCUT2D eigenvalue weighted by molar-refractivity contribution is 6.34. The van der Waals surface area contributed by atoms with Gasteiger partial charge in [-0.25, -0.2) is 9.97 Å². The van der Waals surface area contributed by atoms with Gasteiger partial charge in [-0.2, -0.15) is 0 Å². The van der Waals surface area contributed by atoms with Crippen LogP contribution in [0.2, 0.25) is 10.0 Å². The van der Waals surface area contributed by atoms with Crippen LogP contribution in [0.5, 0.6) is 5.75 Å². The zero-order valence-electron chi connectivity index (χ0n) is 28.2. The summed E-state index contributed by atoms with van der Waals surface area (Å²) < 4.78 is 6.26. The standard InChI is InChI=1S/C38H45Cl2N5O2/c1-23-17-30(18-24(2)37(23)40)47-16-8-10-27(19-28-9-7-11-33-35(28)29(21-46)20-45(33)6)31-12-13-32(39)36(38(31)42-15-14-41-5)34-25(3)43-22-44-26(34)4/h7,9,11-13,17-18,21-22,27,29,41-42H,8,10,14-16,19-20H2,1-6H3. The summed E-state index contributed by atoms with van der Waals surface area (Å²) in [6.45, 7) is 10.8. The van der Waals surface area contributed by atoms with E-state index in [0.29, 0.717) is 24.7 Å². The summed E-state index contributed by atoms with van der Waals surface area (Å²) in [7, 11) is 4.01. The summed E-state index contributed by atoms with van der Waals surface area (Å²) in [5.41, 5.74) is 11.3.